The second-order valence-corrected chi connectivity index (χ2v) is 7.21. The third kappa shape index (κ3) is 5.81. The average Bonchev–Trinajstić information content (AvgIpc) is 3.21. The van der Waals surface area contributed by atoms with E-state index in [1.165, 1.54) is 12.1 Å². The van der Waals surface area contributed by atoms with Gasteiger partial charge in [0.05, 0.1) is 17.9 Å². The molecule has 0 radical (unpaired) electrons. The molecule has 0 atom stereocenters. The molecule has 0 spiro atoms. The zero-order valence-electron chi connectivity index (χ0n) is 15.7. The van der Waals surface area contributed by atoms with Gasteiger partial charge in [0, 0.05) is 25.5 Å². The van der Waals surface area contributed by atoms with Crippen molar-refractivity contribution in [2.75, 3.05) is 13.7 Å². The van der Waals surface area contributed by atoms with Crippen LogP contribution in [-0.2, 0) is 19.7 Å². The standard InChI is InChI=1S/C21H23BrFN3O2/c1-27-20-12-17(13-24-7-2-9-26-10-8-25-15-26)11-19(22)21(20)28-14-16-3-5-18(23)6-4-16/h3-6,8,10-12,15,24H,2,7,9,13-14H2,1H3. The summed E-state index contributed by atoms with van der Waals surface area (Å²) in [6.07, 6.45) is 6.60. The monoisotopic (exact) mass is 447 g/mol. The smallest absolute Gasteiger partial charge is 0.175 e. The maximum atomic E-state index is 13.0. The first-order valence-corrected chi connectivity index (χ1v) is 9.85. The molecule has 0 amide bonds. The van der Waals surface area contributed by atoms with Gasteiger partial charge >= 0.3 is 0 Å². The van der Waals surface area contributed by atoms with Crippen LogP contribution in [0.5, 0.6) is 11.5 Å². The third-order valence-electron chi connectivity index (χ3n) is 4.24. The molecular formula is C21H23BrFN3O2. The quantitative estimate of drug-likeness (QED) is 0.463. The van der Waals surface area contributed by atoms with Crippen LogP contribution >= 0.6 is 15.9 Å². The van der Waals surface area contributed by atoms with Crippen LogP contribution in [-0.4, -0.2) is 23.2 Å². The number of hydrogen-bond donors (Lipinski definition) is 1. The first-order valence-electron chi connectivity index (χ1n) is 9.06. The Morgan fingerprint density at radius 2 is 2.00 bits per heavy atom. The predicted octanol–water partition coefficient (Wildman–Crippen LogP) is 4.55. The van der Waals surface area contributed by atoms with Crippen molar-refractivity contribution in [2.45, 2.75) is 26.1 Å². The fourth-order valence-electron chi connectivity index (χ4n) is 2.79. The molecule has 3 aromatic rings. The van der Waals surface area contributed by atoms with Crippen LogP contribution in [0.2, 0.25) is 0 Å². The van der Waals surface area contributed by atoms with Gasteiger partial charge in [-0.25, -0.2) is 9.37 Å². The first kappa shape index (κ1) is 20.4. The number of ether oxygens (including phenoxy) is 2. The molecule has 5 nitrogen and oxygen atoms in total. The summed E-state index contributed by atoms with van der Waals surface area (Å²) >= 11 is 3.57. The van der Waals surface area contributed by atoms with Gasteiger partial charge in [-0.15, -0.1) is 0 Å². The van der Waals surface area contributed by atoms with E-state index in [1.807, 2.05) is 24.7 Å². The summed E-state index contributed by atoms with van der Waals surface area (Å²) in [7, 11) is 1.62. The van der Waals surface area contributed by atoms with Crippen molar-refractivity contribution in [3.63, 3.8) is 0 Å². The van der Waals surface area contributed by atoms with Crippen molar-refractivity contribution in [3.05, 3.63) is 76.5 Å². The zero-order chi connectivity index (χ0) is 19.8. The van der Waals surface area contributed by atoms with E-state index in [4.69, 9.17) is 9.47 Å². The van der Waals surface area contributed by atoms with E-state index in [2.05, 4.69) is 30.8 Å². The number of imidazole rings is 1. The molecule has 0 bridgehead atoms. The number of halogens is 2. The van der Waals surface area contributed by atoms with Crippen LogP contribution in [0, 0.1) is 5.82 Å². The zero-order valence-corrected chi connectivity index (χ0v) is 17.3. The van der Waals surface area contributed by atoms with E-state index in [9.17, 15) is 4.39 Å². The molecule has 1 aromatic heterocycles. The van der Waals surface area contributed by atoms with Crippen molar-refractivity contribution >= 4 is 15.9 Å². The van der Waals surface area contributed by atoms with Crippen LogP contribution in [0.15, 0.2) is 59.6 Å². The van der Waals surface area contributed by atoms with Gasteiger partial charge in [0.25, 0.3) is 0 Å². The summed E-state index contributed by atoms with van der Waals surface area (Å²) in [6.45, 7) is 2.91. The molecule has 2 aromatic carbocycles. The molecule has 28 heavy (non-hydrogen) atoms. The van der Waals surface area contributed by atoms with Gasteiger partial charge in [-0.2, -0.15) is 0 Å². The van der Waals surface area contributed by atoms with Crippen LogP contribution in [0.3, 0.4) is 0 Å². The number of nitrogens with zero attached hydrogens (tertiary/aromatic N) is 2. The summed E-state index contributed by atoms with van der Waals surface area (Å²) < 4.78 is 27.3. The second-order valence-electron chi connectivity index (χ2n) is 6.36. The van der Waals surface area contributed by atoms with Crippen LogP contribution in [0.25, 0.3) is 0 Å². The number of rotatable bonds is 10. The Labute approximate surface area is 172 Å². The van der Waals surface area contributed by atoms with E-state index in [0.717, 1.165) is 41.7 Å². The highest BCUT2D eigenvalue weighted by Gasteiger charge is 2.12. The Morgan fingerprint density at radius 3 is 2.71 bits per heavy atom. The summed E-state index contributed by atoms with van der Waals surface area (Å²) in [5.41, 5.74) is 1.99. The minimum atomic E-state index is -0.260. The third-order valence-corrected chi connectivity index (χ3v) is 4.83. The van der Waals surface area contributed by atoms with Crippen molar-refractivity contribution in [1.29, 1.82) is 0 Å². The Bertz CT molecular complexity index is 870. The Hall–Kier alpha value is -2.38. The largest absolute Gasteiger partial charge is 0.493 e. The van der Waals surface area contributed by atoms with E-state index in [-0.39, 0.29) is 5.82 Å². The highest BCUT2D eigenvalue weighted by atomic mass is 79.9. The van der Waals surface area contributed by atoms with Crippen LogP contribution in [0.4, 0.5) is 4.39 Å². The molecule has 0 fully saturated rings. The van der Waals surface area contributed by atoms with Gasteiger partial charge < -0.3 is 19.4 Å². The molecular weight excluding hydrogens is 425 g/mol. The number of hydrogen-bond acceptors (Lipinski definition) is 4. The normalized spacial score (nSPS) is 10.8. The minimum Gasteiger partial charge on any atom is -0.493 e. The topological polar surface area (TPSA) is 48.3 Å². The van der Waals surface area contributed by atoms with Gasteiger partial charge in [0.15, 0.2) is 11.5 Å². The Kier molecular flexibility index (Phi) is 7.45. The lowest BCUT2D eigenvalue weighted by Crippen LogP contribution is -2.16. The summed E-state index contributed by atoms with van der Waals surface area (Å²) in [4.78, 5) is 4.04. The fourth-order valence-corrected chi connectivity index (χ4v) is 3.39. The molecule has 7 heteroatoms. The molecule has 0 saturated carbocycles. The highest BCUT2D eigenvalue weighted by molar-refractivity contribution is 9.10. The highest BCUT2D eigenvalue weighted by Crippen LogP contribution is 2.37. The lowest BCUT2D eigenvalue weighted by molar-refractivity contribution is 0.282. The molecule has 0 aliphatic rings. The van der Waals surface area contributed by atoms with Gasteiger partial charge in [0.2, 0.25) is 0 Å². The summed E-state index contributed by atoms with van der Waals surface area (Å²) in [5, 5.41) is 3.44. The van der Waals surface area contributed by atoms with E-state index >= 15 is 0 Å². The molecule has 3 rings (SSSR count). The predicted molar refractivity (Wildman–Crippen MR) is 110 cm³/mol. The molecule has 0 saturated heterocycles. The van der Waals surface area contributed by atoms with E-state index in [0.29, 0.717) is 18.1 Å². The molecule has 1 heterocycles. The van der Waals surface area contributed by atoms with Gasteiger partial charge in [-0.05, 0) is 64.3 Å². The minimum absolute atomic E-state index is 0.260. The number of aryl methyl sites for hydroxylation is 1. The van der Waals surface area contributed by atoms with Crippen molar-refractivity contribution in [1.82, 2.24) is 14.9 Å². The van der Waals surface area contributed by atoms with Crippen LogP contribution < -0.4 is 14.8 Å². The molecule has 0 aliphatic carbocycles. The SMILES string of the molecule is COc1cc(CNCCCn2ccnc2)cc(Br)c1OCc1ccc(F)cc1. The molecule has 1 N–H and O–H groups in total. The number of nitrogens with one attached hydrogen (secondary N) is 1. The van der Waals surface area contributed by atoms with Crippen LogP contribution in [0.1, 0.15) is 17.5 Å². The van der Waals surface area contributed by atoms with Crippen molar-refractivity contribution < 1.29 is 13.9 Å². The lowest BCUT2D eigenvalue weighted by Gasteiger charge is -2.15. The Balaban J connectivity index is 1.53. The first-order chi connectivity index (χ1) is 13.7. The van der Waals surface area contributed by atoms with Gasteiger partial charge in [-0.3, -0.25) is 0 Å². The van der Waals surface area contributed by atoms with Crippen molar-refractivity contribution in [3.8, 4) is 11.5 Å². The second kappa shape index (κ2) is 10.2. The molecule has 148 valence electrons. The Morgan fingerprint density at radius 1 is 1.18 bits per heavy atom. The van der Waals surface area contributed by atoms with Crippen molar-refractivity contribution in [2.24, 2.45) is 0 Å². The summed E-state index contributed by atoms with van der Waals surface area (Å²) in [6, 6.07) is 10.2. The molecule has 0 aliphatic heterocycles. The maximum absolute atomic E-state index is 13.0. The summed E-state index contributed by atoms with van der Waals surface area (Å²) in [5.74, 6) is 1.03. The number of benzene rings is 2. The fraction of sp³-hybridized carbons (Fsp3) is 0.286. The number of methoxy groups -OCH3 is 1. The van der Waals surface area contributed by atoms with Gasteiger partial charge in [-0.1, -0.05) is 12.1 Å². The van der Waals surface area contributed by atoms with Gasteiger partial charge in [0.1, 0.15) is 12.4 Å². The van der Waals surface area contributed by atoms with E-state index < -0.39 is 0 Å². The van der Waals surface area contributed by atoms with E-state index in [1.54, 1.807) is 25.4 Å². The molecule has 0 unspecified atom stereocenters. The maximum Gasteiger partial charge on any atom is 0.175 e. The number of aromatic nitrogens is 2. The lowest BCUT2D eigenvalue weighted by atomic mass is 10.2. The average molecular weight is 448 g/mol.